The number of aliphatic hydroxyl groups is 1. The average molecular weight is 362 g/mol. The van der Waals surface area contributed by atoms with Gasteiger partial charge in [-0.05, 0) is 69.7 Å². The van der Waals surface area contributed by atoms with Crippen molar-refractivity contribution in [3.63, 3.8) is 0 Å². The highest BCUT2D eigenvalue weighted by Gasteiger charge is 2.45. The van der Waals surface area contributed by atoms with Crippen LogP contribution in [0.25, 0.3) is 0 Å². The molecule has 3 saturated heterocycles. The van der Waals surface area contributed by atoms with Crippen molar-refractivity contribution in [1.29, 1.82) is 0 Å². The van der Waals surface area contributed by atoms with Crippen LogP contribution < -0.4 is 5.32 Å². The summed E-state index contributed by atoms with van der Waals surface area (Å²) >= 11 is 1.67. The molecule has 5 heterocycles. The maximum atomic E-state index is 13.3. The lowest BCUT2D eigenvalue weighted by Gasteiger charge is -2.40. The summed E-state index contributed by atoms with van der Waals surface area (Å²) in [7, 11) is 0. The lowest BCUT2D eigenvalue weighted by atomic mass is 9.86. The molecule has 6 heteroatoms. The Morgan fingerprint density at radius 2 is 2.00 bits per heavy atom. The van der Waals surface area contributed by atoms with Crippen LogP contribution in [0.1, 0.15) is 58.6 Å². The molecule has 25 heavy (non-hydrogen) atoms. The Morgan fingerprint density at radius 1 is 1.28 bits per heavy atom. The maximum Gasteiger partial charge on any atom is 0.264 e. The first kappa shape index (κ1) is 16.2. The standard InChI is InChI=1S/C19H26N2O3S/c22-15-10-13-1-2-14(11-15)21(13)18(23)16-9-12-3-8-24-19(17(12)25-16)4-6-20-7-5-19/h9,13-15,20,22H,1-8,10-11H2/t13-,14+,15?. The number of aliphatic hydroxyl groups excluding tert-OH is 1. The maximum absolute atomic E-state index is 13.3. The molecule has 1 unspecified atom stereocenters. The second-order valence-electron chi connectivity index (χ2n) is 8.03. The van der Waals surface area contributed by atoms with Gasteiger partial charge < -0.3 is 20.1 Å². The molecule has 0 aromatic carbocycles. The summed E-state index contributed by atoms with van der Waals surface area (Å²) < 4.78 is 6.25. The summed E-state index contributed by atoms with van der Waals surface area (Å²) in [6.45, 7) is 2.72. The zero-order chi connectivity index (χ0) is 17.0. The number of carbonyl (C=O) groups is 1. The predicted octanol–water partition coefficient (Wildman–Crippen LogP) is 2.03. The summed E-state index contributed by atoms with van der Waals surface area (Å²) in [5.41, 5.74) is 1.16. The van der Waals surface area contributed by atoms with Gasteiger partial charge in [0.25, 0.3) is 5.91 Å². The summed E-state index contributed by atoms with van der Waals surface area (Å²) in [5, 5.41) is 13.4. The third-order valence-corrected chi connectivity index (χ3v) is 7.89. The van der Waals surface area contributed by atoms with Gasteiger partial charge in [-0.25, -0.2) is 0 Å². The van der Waals surface area contributed by atoms with E-state index in [1.165, 1.54) is 10.4 Å². The minimum Gasteiger partial charge on any atom is -0.393 e. The Hall–Kier alpha value is -0.950. The number of hydrogen-bond acceptors (Lipinski definition) is 5. The summed E-state index contributed by atoms with van der Waals surface area (Å²) in [4.78, 5) is 17.5. The molecule has 0 aliphatic carbocycles. The topological polar surface area (TPSA) is 61.8 Å². The van der Waals surface area contributed by atoms with Crippen LogP contribution in [0, 0.1) is 0 Å². The van der Waals surface area contributed by atoms with E-state index in [1.54, 1.807) is 11.3 Å². The van der Waals surface area contributed by atoms with E-state index < -0.39 is 0 Å². The molecule has 1 spiro atoms. The van der Waals surface area contributed by atoms with Crippen LogP contribution in [0.3, 0.4) is 0 Å². The quantitative estimate of drug-likeness (QED) is 0.802. The highest BCUT2D eigenvalue weighted by molar-refractivity contribution is 7.14. The monoisotopic (exact) mass is 362 g/mol. The second kappa shape index (κ2) is 6.05. The first-order valence-electron chi connectivity index (χ1n) is 9.65. The number of ether oxygens (including phenoxy) is 1. The first-order chi connectivity index (χ1) is 12.2. The predicted molar refractivity (Wildman–Crippen MR) is 96.0 cm³/mol. The molecule has 5 nitrogen and oxygen atoms in total. The van der Waals surface area contributed by atoms with E-state index in [2.05, 4.69) is 16.3 Å². The largest absolute Gasteiger partial charge is 0.393 e. The fourth-order valence-electron chi connectivity index (χ4n) is 5.34. The summed E-state index contributed by atoms with van der Waals surface area (Å²) in [5.74, 6) is 0.183. The van der Waals surface area contributed by atoms with E-state index in [0.29, 0.717) is 0 Å². The van der Waals surface area contributed by atoms with Gasteiger partial charge in [-0.3, -0.25) is 4.79 Å². The number of thiophene rings is 1. The van der Waals surface area contributed by atoms with Gasteiger partial charge in [0.05, 0.1) is 17.6 Å². The molecular formula is C19H26N2O3S. The molecule has 5 rings (SSSR count). The number of piperidine rings is 2. The van der Waals surface area contributed by atoms with Crippen LogP contribution in [0.2, 0.25) is 0 Å². The van der Waals surface area contributed by atoms with Crippen molar-refractivity contribution < 1.29 is 14.6 Å². The summed E-state index contributed by atoms with van der Waals surface area (Å²) in [6, 6.07) is 2.59. The Bertz CT molecular complexity index is 668. The van der Waals surface area contributed by atoms with Crippen LogP contribution in [0.4, 0.5) is 0 Å². The van der Waals surface area contributed by atoms with E-state index in [9.17, 15) is 9.90 Å². The van der Waals surface area contributed by atoms with Gasteiger partial charge in [0.15, 0.2) is 0 Å². The molecule has 1 aromatic rings. The van der Waals surface area contributed by atoms with Crippen molar-refractivity contribution in [3.8, 4) is 0 Å². The summed E-state index contributed by atoms with van der Waals surface area (Å²) in [6.07, 6.45) is 6.24. The average Bonchev–Trinajstić information content (AvgIpc) is 3.16. The number of amides is 1. The van der Waals surface area contributed by atoms with Gasteiger partial charge in [-0.15, -0.1) is 11.3 Å². The molecule has 2 bridgehead atoms. The Kier molecular flexibility index (Phi) is 3.93. The van der Waals surface area contributed by atoms with Gasteiger partial charge in [0.1, 0.15) is 5.60 Å². The van der Waals surface area contributed by atoms with E-state index in [0.717, 1.165) is 69.5 Å². The Balaban J connectivity index is 1.45. The van der Waals surface area contributed by atoms with Gasteiger partial charge in [-0.1, -0.05) is 0 Å². The van der Waals surface area contributed by atoms with Crippen LogP contribution in [0.15, 0.2) is 6.07 Å². The van der Waals surface area contributed by atoms with Crippen molar-refractivity contribution in [3.05, 3.63) is 21.4 Å². The molecule has 0 saturated carbocycles. The molecule has 1 aromatic heterocycles. The minimum atomic E-state index is -0.232. The van der Waals surface area contributed by atoms with Crippen LogP contribution in [-0.2, 0) is 16.8 Å². The minimum absolute atomic E-state index is 0.168. The van der Waals surface area contributed by atoms with Gasteiger partial charge >= 0.3 is 0 Å². The van der Waals surface area contributed by atoms with Gasteiger partial charge in [-0.2, -0.15) is 0 Å². The zero-order valence-corrected chi connectivity index (χ0v) is 15.3. The molecule has 4 aliphatic rings. The molecule has 3 atom stereocenters. The molecule has 136 valence electrons. The third kappa shape index (κ3) is 2.57. The molecule has 2 N–H and O–H groups in total. The van der Waals surface area contributed by atoms with Crippen LogP contribution in [-0.4, -0.2) is 53.8 Å². The normalized spacial score (nSPS) is 33.5. The fourth-order valence-corrected chi connectivity index (χ4v) is 6.69. The highest BCUT2D eigenvalue weighted by atomic mass is 32.1. The number of hydrogen-bond donors (Lipinski definition) is 2. The zero-order valence-electron chi connectivity index (χ0n) is 14.5. The van der Waals surface area contributed by atoms with Crippen molar-refractivity contribution in [1.82, 2.24) is 10.2 Å². The van der Waals surface area contributed by atoms with Gasteiger partial charge in [0, 0.05) is 17.0 Å². The Morgan fingerprint density at radius 3 is 2.72 bits per heavy atom. The number of fused-ring (bicyclic) bond motifs is 4. The fraction of sp³-hybridized carbons (Fsp3) is 0.737. The molecule has 4 aliphatic heterocycles. The molecule has 0 radical (unpaired) electrons. The number of nitrogens with one attached hydrogen (secondary N) is 1. The molecule has 3 fully saturated rings. The van der Waals surface area contributed by atoms with E-state index >= 15 is 0 Å². The van der Waals surface area contributed by atoms with Crippen molar-refractivity contribution in [2.24, 2.45) is 0 Å². The first-order valence-corrected chi connectivity index (χ1v) is 10.5. The number of carbonyl (C=O) groups excluding carboxylic acids is 1. The van der Waals surface area contributed by atoms with E-state index in [-0.39, 0.29) is 29.7 Å². The van der Waals surface area contributed by atoms with E-state index in [1.807, 2.05) is 0 Å². The van der Waals surface area contributed by atoms with Crippen molar-refractivity contribution in [2.45, 2.75) is 68.7 Å². The molecular weight excluding hydrogens is 336 g/mol. The van der Waals surface area contributed by atoms with Crippen molar-refractivity contribution in [2.75, 3.05) is 19.7 Å². The van der Waals surface area contributed by atoms with Crippen LogP contribution >= 0.6 is 11.3 Å². The highest BCUT2D eigenvalue weighted by Crippen LogP contribution is 2.45. The van der Waals surface area contributed by atoms with Crippen LogP contribution in [0.5, 0.6) is 0 Å². The number of nitrogens with zero attached hydrogens (tertiary/aromatic N) is 1. The second-order valence-corrected chi connectivity index (χ2v) is 9.08. The van der Waals surface area contributed by atoms with Gasteiger partial charge in [0.2, 0.25) is 0 Å². The lowest BCUT2D eigenvalue weighted by molar-refractivity contribution is -0.0771. The number of rotatable bonds is 1. The smallest absolute Gasteiger partial charge is 0.264 e. The Labute approximate surface area is 152 Å². The lowest BCUT2D eigenvalue weighted by Crippen LogP contribution is -2.47. The SMILES string of the molecule is O=C(c1cc2c(s1)C1(CCNCC1)OCC2)N1[C@@H]2CC[C@H]1CC(O)C2. The van der Waals surface area contributed by atoms with Crippen molar-refractivity contribution >= 4 is 17.2 Å². The van der Waals surface area contributed by atoms with E-state index in [4.69, 9.17) is 4.74 Å². The molecule has 1 amide bonds. The third-order valence-electron chi connectivity index (χ3n) is 6.54.